The smallest absolute Gasteiger partial charge is 0.321 e. The van der Waals surface area contributed by atoms with E-state index in [0.717, 1.165) is 44.9 Å². The second kappa shape index (κ2) is 7.75. The van der Waals surface area contributed by atoms with Crippen LogP contribution in [0.1, 0.15) is 51.9 Å². The molecule has 120 valence electrons. The van der Waals surface area contributed by atoms with E-state index in [-0.39, 0.29) is 30.6 Å². The van der Waals surface area contributed by atoms with Crippen LogP contribution in [0.4, 0.5) is 4.79 Å². The van der Waals surface area contributed by atoms with E-state index in [4.69, 9.17) is 5.73 Å². The Hall–Kier alpha value is -1.14. The number of likely N-dealkylation sites (tertiary alicyclic amines) is 1. The molecule has 4 N–H and O–H groups in total. The van der Waals surface area contributed by atoms with Crippen molar-refractivity contribution in [3.63, 3.8) is 0 Å². The number of imide groups is 1. The first-order chi connectivity index (χ1) is 10.1. The van der Waals surface area contributed by atoms with E-state index in [2.05, 4.69) is 22.5 Å². The third kappa shape index (κ3) is 4.68. The summed E-state index contributed by atoms with van der Waals surface area (Å²) in [5.74, 6) is -0.238. The van der Waals surface area contributed by atoms with Crippen LogP contribution in [0.3, 0.4) is 0 Å². The fourth-order valence-electron chi connectivity index (χ4n) is 3.50. The highest BCUT2D eigenvalue weighted by Crippen LogP contribution is 2.21. The number of rotatable bonds is 4. The van der Waals surface area contributed by atoms with Crippen molar-refractivity contribution in [2.75, 3.05) is 13.1 Å². The van der Waals surface area contributed by atoms with E-state index < -0.39 is 0 Å². The molecule has 2 aliphatic rings. The van der Waals surface area contributed by atoms with Crippen molar-refractivity contribution in [3.8, 4) is 0 Å². The van der Waals surface area contributed by atoms with Gasteiger partial charge in [0.1, 0.15) is 0 Å². The molecule has 0 spiro atoms. The van der Waals surface area contributed by atoms with Gasteiger partial charge in [-0.25, -0.2) is 4.79 Å². The summed E-state index contributed by atoms with van der Waals surface area (Å²) in [4.78, 5) is 26.0. The minimum absolute atomic E-state index is 0.225. The van der Waals surface area contributed by atoms with Crippen LogP contribution >= 0.6 is 0 Å². The van der Waals surface area contributed by atoms with Gasteiger partial charge in [-0.3, -0.25) is 15.0 Å². The number of hydrogen-bond donors (Lipinski definition) is 3. The van der Waals surface area contributed by atoms with Crippen molar-refractivity contribution in [3.05, 3.63) is 0 Å². The zero-order valence-corrected chi connectivity index (χ0v) is 12.9. The van der Waals surface area contributed by atoms with Crippen molar-refractivity contribution in [1.29, 1.82) is 0 Å². The Morgan fingerprint density at radius 3 is 2.52 bits per heavy atom. The molecule has 21 heavy (non-hydrogen) atoms. The average molecular weight is 296 g/mol. The molecule has 0 aromatic rings. The van der Waals surface area contributed by atoms with Gasteiger partial charge in [0.2, 0.25) is 5.91 Å². The van der Waals surface area contributed by atoms with Gasteiger partial charge in [0.15, 0.2) is 0 Å². The van der Waals surface area contributed by atoms with Crippen LogP contribution in [-0.4, -0.2) is 48.1 Å². The fourth-order valence-corrected chi connectivity index (χ4v) is 3.50. The number of carbonyl (C=O) groups excluding carboxylic acids is 2. The van der Waals surface area contributed by atoms with Gasteiger partial charge in [0.05, 0.1) is 6.54 Å². The molecule has 0 aromatic carbocycles. The van der Waals surface area contributed by atoms with Gasteiger partial charge in [-0.05, 0) is 32.6 Å². The highest BCUT2D eigenvalue weighted by molar-refractivity contribution is 5.95. The van der Waals surface area contributed by atoms with Crippen LogP contribution in [0.15, 0.2) is 0 Å². The van der Waals surface area contributed by atoms with Crippen molar-refractivity contribution >= 4 is 11.9 Å². The first-order valence-electron chi connectivity index (χ1n) is 8.16. The first-order valence-corrected chi connectivity index (χ1v) is 8.16. The van der Waals surface area contributed by atoms with E-state index in [1.807, 2.05) is 0 Å². The maximum absolute atomic E-state index is 12.0. The lowest BCUT2D eigenvalue weighted by molar-refractivity contribution is -0.122. The van der Waals surface area contributed by atoms with Crippen LogP contribution in [0.2, 0.25) is 0 Å². The minimum atomic E-state index is -0.360. The molecule has 0 aromatic heterocycles. The highest BCUT2D eigenvalue weighted by atomic mass is 16.2. The number of carbonyl (C=O) groups is 2. The van der Waals surface area contributed by atoms with Gasteiger partial charge < -0.3 is 11.1 Å². The number of nitrogens with two attached hydrogens (primary N) is 1. The molecular formula is C15H28N4O2. The zero-order valence-electron chi connectivity index (χ0n) is 12.9. The third-order valence-corrected chi connectivity index (χ3v) is 4.74. The number of amides is 3. The van der Waals surface area contributed by atoms with Crippen molar-refractivity contribution in [2.24, 2.45) is 5.73 Å². The Morgan fingerprint density at radius 1 is 1.14 bits per heavy atom. The molecule has 2 rings (SSSR count). The van der Waals surface area contributed by atoms with E-state index in [1.54, 1.807) is 0 Å². The lowest BCUT2D eigenvalue weighted by Crippen LogP contribution is -2.54. The maximum Gasteiger partial charge on any atom is 0.321 e. The monoisotopic (exact) mass is 296 g/mol. The summed E-state index contributed by atoms with van der Waals surface area (Å²) in [6, 6.07) is 0.456. The lowest BCUT2D eigenvalue weighted by atomic mass is 9.96. The largest absolute Gasteiger partial charge is 0.335 e. The zero-order chi connectivity index (χ0) is 15.2. The van der Waals surface area contributed by atoms with E-state index >= 15 is 0 Å². The summed E-state index contributed by atoms with van der Waals surface area (Å²) < 4.78 is 0. The Labute approximate surface area is 126 Å². The van der Waals surface area contributed by atoms with Gasteiger partial charge in [-0.1, -0.05) is 19.3 Å². The van der Waals surface area contributed by atoms with Crippen molar-refractivity contribution in [1.82, 2.24) is 15.5 Å². The minimum Gasteiger partial charge on any atom is -0.335 e. The standard InChI is InChI=1S/C15H28N4O2/c1-11-5-4-8-13(9-16)19(11)10-14(20)18-15(21)17-12-6-2-3-7-12/h11-13H,2-10,16H2,1H3,(H2,17,18,20,21). The summed E-state index contributed by atoms with van der Waals surface area (Å²) in [7, 11) is 0. The number of piperidine rings is 1. The summed E-state index contributed by atoms with van der Waals surface area (Å²) in [5.41, 5.74) is 5.79. The van der Waals surface area contributed by atoms with Gasteiger partial charge in [-0.2, -0.15) is 0 Å². The topological polar surface area (TPSA) is 87.5 Å². The Bertz CT molecular complexity index is 369. The molecule has 1 saturated heterocycles. The molecule has 2 atom stereocenters. The molecule has 6 nitrogen and oxygen atoms in total. The number of nitrogens with zero attached hydrogens (tertiary/aromatic N) is 1. The Balaban J connectivity index is 1.78. The molecule has 1 heterocycles. The first kappa shape index (κ1) is 16.2. The molecule has 0 bridgehead atoms. The summed E-state index contributed by atoms with van der Waals surface area (Å²) >= 11 is 0. The second-order valence-electron chi connectivity index (χ2n) is 6.34. The van der Waals surface area contributed by atoms with Crippen molar-refractivity contribution < 1.29 is 9.59 Å². The molecule has 1 aliphatic carbocycles. The molecule has 2 fully saturated rings. The van der Waals surface area contributed by atoms with Gasteiger partial charge in [-0.15, -0.1) is 0 Å². The average Bonchev–Trinajstić information content (AvgIpc) is 2.93. The number of nitrogens with one attached hydrogen (secondary N) is 2. The number of urea groups is 1. The van der Waals surface area contributed by atoms with E-state index in [0.29, 0.717) is 12.6 Å². The summed E-state index contributed by atoms with van der Waals surface area (Å²) in [6.45, 7) is 2.93. The van der Waals surface area contributed by atoms with Crippen LogP contribution in [0, 0.1) is 0 Å². The maximum atomic E-state index is 12.0. The molecule has 1 saturated carbocycles. The van der Waals surface area contributed by atoms with Crippen LogP contribution in [-0.2, 0) is 4.79 Å². The second-order valence-corrected chi connectivity index (χ2v) is 6.34. The number of hydrogen-bond acceptors (Lipinski definition) is 4. The fraction of sp³-hybridized carbons (Fsp3) is 0.867. The third-order valence-electron chi connectivity index (χ3n) is 4.74. The summed E-state index contributed by atoms with van der Waals surface area (Å²) in [6.07, 6.45) is 7.61. The molecular weight excluding hydrogens is 268 g/mol. The predicted molar refractivity (Wildman–Crippen MR) is 81.8 cm³/mol. The molecule has 2 unspecified atom stereocenters. The molecule has 1 aliphatic heterocycles. The SMILES string of the molecule is CC1CCCC(CN)N1CC(=O)NC(=O)NC1CCCC1. The predicted octanol–water partition coefficient (Wildman–Crippen LogP) is 0.957. The Morgan fingerprint density at radius 2 is 1.86 bits per heavy atom. The van der Waals surface area contributed by atoms with E-state index in [1.165, 1.54) is 0 Å². The molecule has 6 heteroatoms. The van der Waals surface area contributed by atoms with Crippen molar-refractivity contribution in [2.45, 2.75) is 70.0 Å². The van der Waals surface area contributed by atoms with Gasteiger partial charge >= 0.3 is 6.03 Å². The Kier molecular flexibility index (Phi) is 5.99. The van der Waals surface area contributed by atoms with E-state index in [9.17, 15) is 9.59 Å². The van der Waals surface area contributed by atoms with Crippen LogP contribution in [0.25, 0.3) is 0 Å². The highest BCUT2D eigenvalue weighted by Gasteiger charge is 2.29. The molecule has 3 amide bonds. The van der Waals surface area contributed by atoms with Gasteiger partial charge in [0, 0.05) is 24.7 Å². The van der Waals surface area contributed by atoms with Gasteiger partial charge in [0.25, 0.3) is 0 Å². The summed E-state index contributed by atoms with van der Waals surface area (Å²) in [5, 5.41) is 5.32. The lowest BCUT2D eigenvalue weighted by Gasteiger charge is -2.39. The molecule has 0 radical (unpaired) electrons. The normalized spacial score (nSPS) is 27.5. The van der Waals surface area contributed by atoms with Crippen LogP contribution < -0.4 is 16.4 Å². The quantitative estimate of drug-likeness (QED) is 0.721. The van der Waals surface area contributed by atoms with Crippen LogP contribution in [0.5, 0.6) is 0 Å².